The summed E-state index contributed by atoms with van der Waals surface area (Å²) in [6, 6.07) is 0. The van der Waals surface area contributed by atoms with E-state index in [1.165, 1.54) is 6.92 Å². The molecule has 0 fully saturated rings. The van der Waals surface area contributed by atoms with Gasteiger partial charge in [-0.2, -0.15) is 4.98 Å². The first-order valence-corrected chi connectivity index (χ1v) is 3.89. The summed E-state index contributed by atoms with van der Waals surface area (Å²) >= 11 is 0. The third kappa shape index (κ3) is 2.14. The van der Waals surface area contributed by atoms with Gasteiger partial charge in [0.25, 0.3) is 0 Å². The second kappa shape index (κ2) is 3.38. The Morgan fingerprint density at radius 3 is 2.54 bits per heavy atom. The molecule has 70 valence electrons. The molecule has 0 aliphatic carbocycles. The molecule has 1 rings (SSSR count). The van der Waals surface area contributed by atoms with Crippen LogP contribution < -0.4 is 11.1 Å². The van der Waals surface area contributed by atoms with Gasteiger partial charge in [0.1, 0.15) is 5.82 Å². The Kier molecular flexibility index (Phi) is 2.46. The lowest BCUT2D eigenvalue weighted by Gasteiger charge is -2.07. The fraction of sp³-hybridized carbons (Fsp3) is 0.375. The van der Waals surface area contributed by atoms with E-state index in [0.717, 1.165) is 11.3 Å². The summed E-state index contributed by atoms with van der Waals surface area (Å²) in [6.45, 7) is 5.08. The first-order chi connectivity index (χ1) is 6.00. The van der Waals surface area contributed by atoms with Gasteiger partial charge in [-0.25, -0.2) is 4.98 Å². The van der Waals surface area contributed by atoms with Crippen molar-refractivity contribution < 1.29 is 4.79 Å². The first kappa shape index (κ1) is 9.44. The van der Waals surface area contributed by atoms with Gasteiger partial charge in [0.15, 0.2) is 0 Å². The van der Waals surface area contributed by atoms with Gasteiger partial charge in [-0.05, 0) is 13.8 Å². The average Bonchev–Trinajstić information content (AvgIpc) is 1.98. The van der Waals surface area contributed by atoms with Crippen LogP contribution in [-0.4, -0.2) is 15.9 Å². The number of amides is 1. The van der Waals surface area contributed by atoms with Crippen LogP contribution in [0.2, 0.25) is 0 Å². The molecule has 0 aromatic carbocycles. The van der Waals surface area contributed by atoms with Crippen LogP contribution in [0.3, 0.4) is 0 Å². The van der Waals surface area contributed by atoms with E-state index in [4.69, 9.17) is 5.73 Å². The maximum Gasteiger partial charge on any atom is 0.222 e. The highest BCUT2D eigenvalue weighted by molar-refractivity contribution is 5.88. The number of aromatic nitrogens is 2. The van der Waals surface area contributed by atoms with E-state index in [1.807, 2.05) is 13.8 Å². The SMILES string of the molecule is CC(=O)Nc1nc(N)nc(C)c1C. The smallest absolute Gasteiger partial charge is 0.222 e. The van der Waals surface area contributed by atoms with E-state index in [0.29, 0.717) is 5.82 Å². The molecule has 0 aliphatic rings. The maximum atomic E-state index is 10.8. The molecule has 5 nitrogen and oxygen atoms in total. The lowest BCUT2D eigenvalue weighted by atomic mass is 10.2. The molecule has 0 radical (unpaired) electrons. The van der Waals surface area contributed by atoms with E-state index >= 15 is 0 Å². The number of nitrogens with one attached hydrogen (secondary N) is 1. The van der Waals surface area contributed by atoms with Gasteiger partial charge < -0.3 is 11.1 Å². The second-order valence-corrected chi connectivity index (χ2v) is 2.82. The van der Waals surface area contributed by atoms with Crippen molar-refractivity contribution >= 4 is 17.7 Å². The molecule has 1 aromatic heterocycles. The standard InChI is InChI=1S/C8H12N4O/c1-4-5(2)10-8(9)12-7(4)11-6(3)13/h1-3H3,(H3,9,10,11,12,13). The van der Waals surface area contributed by atoms with Crippen molar-refractivity contribution in [3.05, 3.63) is 11.3 Å². The third-order valence-corrected chi connectivity index (χ3v) is 1.70. The van der Waals surface area contributed by atoms with Gasteiger partial charge in [0.05, 0.1) is 0 Å². The van der Waals surface area contributed by atoms with Gasteiger partial charge in [-0.1, -0.05) is 0 Å². The minimum atomic E-state index is -0.166. The van der Waals surface area contributed by atoms with Crippen LogP contribution in [-0.2, 0) is 4.79 Å². The number of hydrogen-bond acceptors (Lipinski definition) is 4. The summed E-state index contributed by atoms with van der Waals surface area (Å²) in [7, 11) is 0. The van der Waals surface area contributed by atoms with Crippen LogP contribution in [0.1, 0.15) is 18.2 Å². The Hall–Kier alpha value is -1.65. The van der Waals surface area contributed by atoms with Crippen molar-refractivity contribution in [2.24, 2.45) is 0 Å². The molecule has 5 heteroatoms. The number of aryl methyl sites for hydroxylation is 1. The minimum absolute atomic E-state index is 0.166. The molecule has 0 atom stereocenters. The van der Waals surface area contributed by atoms with Gasteiger partial charge in [0, 0.05) is 18.2 Å². The van der Waals surface area contributed by atoms with Crippen molar-refractivity contribution in [2.45, 2.75) is 20.8 Å². The molecule has 0 unspecified atom stereocenters. The molecule has 3 N–H and O–H groups in total. The molecular weight excluding hydrogens is 168 g/mol. The minimum Gasteiger partial charge on any atom is -0.368 e. The van der Waals surface area contributed by atoms with Crippen molar-refractivity contribution in [3.63, 3.8) is 0 Å². The van der Waals surface area contributed by atoms with Crippen molar-refractivity contribution in [3.8, 4) is 0 Å². The number of nitrogens with two attached hydrogens (primary N) is 1. The topological polar surface area (TPSA) is 80.9 Å². The Labute approximate surface area is 76.4 Å². The molecule has 0 saturated heterocycles. The van der Waals surface area contributed by atoms with Gasteiger partial charge in [-0.3, -0.25) is 4.79 Å². The number of nitrogen functional groups attached to an aromatic ring is 1. The molecule has 0 aliphatic heterocycles. The summed E-state index contributed by atoms with van der Waals surface area (Å²) in [6.07, 6.45) is 0. The lowest BCUT2D eigenvalue weighted by Crippen LogP contribution is -2.12. The largest absolute Gasteiger partial charge is 0.368 e. The van der Waals surface area contributed by atoms with E-state index in [9.17, 15) is 4.79 Å². The van der Waals surface area contributed by atoms with E-state index < -0.39 is 0 Å². The number of carbonyl (C=O) groups excluding carboxylic acids is 1. The van der Waals surface area contributed by atoms with Crippen LogP contribution in [0, 0.1) is 13.8 Å². The van der Waals surface area contributed by atoms with Crippen molar-refractivity contribution in [1.29, 1.82) is 0 Å². The van der Waals surface area contributed by atoms with Crippen LogP contribution in [0.5, 0.6) is 0 Å². The fourth-order valence-electron chi connectivity index (χ4n) is 0.939. The molecule has 13 heavy (non-hydrogen) atoms. The predicted molar refractivity (Wildman–Crippen MR) is 50.2 cm³/mol. The van der Waals surface area contributed by atoms with Crippen LogP contribution in [0.15, 0.2) is 0 Å². The molecule has 0 bridgehead atoms. The van der Waals surface area contributed by atoms with E-state index in [1.54, 1.807) is 0 Å². The summed E-state index contributed by atoms with van der Waals surface area (Å²) in [5, 5.41) is 2.58. The predicted octanol–water partition coefficient (Wildman–Crippen LogP) is 0.634. The van der Waals surface area contributed by atoms with Gasteiger partial charge >= 0.3 is 0 Å². The summed E-state index contributed by atoms with van der Waals surface area (Å²) < 4.78 is 0. The van der Waals surface area contributed by atoms with Crippen molar-refractivity contribution in [1.82, 2.24) is 9.97 Å². The monoisotopic (exact) mass is 180 g/mol. The molecule has 1 heterocycles. The highest BCUT2D eigenvalue weighted by Gasteiger charge is 2.06. The summed E-state index contributed by atoms with van der Waals surface area (Å²) in [5.41, 5.74) is 7.04. The van der Waals surface area contributed by atoms with E-state index in [-0.39, 0.29) is 11.9 Å². The number of hydrogen-bond donors (Lipinski definition) is 2. The normalized spacial score (nSPS) is 9.77. The molecular formula is C8H12N4O. The number of nitrogens with zero attached hydrogens (tertiary/aromatic N) is 2. The maximum absolute atomic E-state index is 10.8. The Balaban J connectivity index is 3.12. The quantitative estimate of drug-likeness (QED) is 0.664. The molecule has 0 spiro atoms. The Bertz CT molecular complexity index is 348. The highest BCUT2D eigenvalue weighted by atomic mass is 16.1. The third-order valence-electron chi connectivity index (χ3n) is 1.70. The average molecular weight is 180 g/mol. The summed E-state index contributed by atoms with van der Waals surface area (Å²) in [4.78, 5) is 18.6. The van der Waals surface area contributed by atoms with Crippen LogP contribution in [0.25, 0.3) is 0 Å². The second-order valence-electron chi connectivity index (χ2n) is 2.82. The molecule has 1 aromatic rings. The van der Waals surface area contributed by atoms with Crippen LogP contribution in [0.4, 0.5) is 11.8 Å². The number of carbonyl (C=O) groups is 1. The van der Waals surface area contributed by atoms with E-state index in [2.05, 4.69) is 15.3 Å². The molecule has 0 saturated carbocycles. The number of rotatable bonds is 1. The lowest BCUT2D eigenvalue weighted by molar-refractivity contribution is -0.114. The molecule has 1 amide bonds. The zero-order valence-corrected chi connectivity index (χ0v) is 7.88. The van der Waals surface area contributed by atoms with Crippen LogP contribution >= 0.6 is 0 Å². The Morgan fingerprint density at radius 1 is 1.38 bits per heavy atom. The Morgan fingerprint density at radius 2 is 2.00 bits per heavy atom. The highest BCUT2D eigenvalue weighted by Crippen LogP contribution is 2.14. The van der Waals surface area contributed by atoms with Gasteiger partial charge in [-0.15, -0.1) is 0 Å². The zero-order chi connectivity index (χ0) is 10.0. The summed E-state index contributed by atoms with van der Waals surface area (Å²) in [5.74, 6) is 0.491. The number of anilines is 2. The first-order valence-electron chi connectivity index (χ1n) is 3.89. The zero-order valence-electron chi connectivity index (χ0n) is 7.88. The van der Waals surface area contributed by atoms with Gasteiger partial charge in [0.2, 0.25) is 11.9 Å². The van der Waals surface area contributed by atoms with Crippen molar-refractivity contribution in [2.75, 3.05) is 11.1 Å². The fourth-order valence-corrected chi connectivity index (χ4v) is 0.939.